The molecule has 0 aliphatic rings. The van der Waals surface area contributed by atoms with Crippen molar-refractivity contribution < 1.29 is 9.72 Å². The number of benzene rings is 2. The molecule has 2 aromatic carbocycles. The second-order valence-corrected chi connectivity index (χ2v) is 6.74. The molecule has 0 bridgehead atoms. The highest BCUT2D eigenvalue weighted by atomic mass is 35.5. The average Bonchev–Trinajstić information content (AvgIpc) is 2.94. The number of rotatable bonds is 6. The predicted molar refractivity (Wildman–Crippen MR) is 109 cm³/mol. The SMILES string of the molecule is Cc1nn(Cc2ccccc2Cl)c(C)c1/C=C/C(=O)c1ccc([N+](=O)[O-])cc1. The maximum absolute atomic E-state index is 12.4. The molecule has 0 N–H and O–H groups in total. The van der Waals surface area contributed by atoms with Gasteiger partial charge in [-0.05, 0) is 49.8 Å². The summed E-state index contributed by atoms with van der Waals surface area (Å²) in [5.41, 5.74) is 3.89. The maximum atomic E-state index is 12.4. The van der Waals surface area contributed by atoms with Gasteiger partial charge in [0.2, 0.25) is 0 Å². The zero-order valence-electron chi connectivity index (χ0n) is 15.4. The Bertz CT molecular complexity index is 1070. The van der Waals surface area contributed by atoms with E-state index in [-0.39, 0.29) is 11.5 Å². The van der Waals surface area contributed by atoms with E-state index in [2.05, 4.69) is 5.10 Å². The number of hydrogen-bond donors (Lipinski definition) is 0. The molecule has 1 heterocycles. The van der Waals surface area contributed by atoms with E-state index < -0.39 is 4.92 Å². The molecule has 0 radical (unpaired) electrons. The number of hydrogen-bond acceptors (Lipinski definition) is 4. The summed E-state index contributed by atoms with van der Waals surface area (Å²) in [5.74, 6) is -0.229. The van der Waals surface area contributed by atoms with Gasteiger partial charge in [-0.3, -0.25) is 19.6 Å². The molecule has 7 heteroatoms. The molecular weight excluding hydrogens is 378 g/mol. The highest BCUT2D eigenvalue weighted by Crippen LogP contribution is 2.21. The van der Waals surface area contributed by atoms with Crippen molar-refractivity contribution in [2.24, 2.45) is 0 Å². The zero-order chi connectivity index (χ0) is 20.3. The van der Waals surface area contributed by atoms with Gasteiger partial charge >= 0.3 is 0 Å². The third-order valence-corrected chi connectivity index (χ3v) is 4.85. The Morgan fingerprint density at radius 2 is 1.86 bits per heavy atom. The van der Waals surface area contributed by atoms with Crippen LogP contribution in [0.4, 0.5) is 5.69 Å². The molecule has 0 fully saturated rings. The molecule has 0 amide bonds. The van der Waals surface area contributed by atoms with Crippen LogP contribution in [-0.2, 0) is 6.54 Å². The van der Waals surface area contributed by atoms with Crippen molar-refractivity contribution in [2.45, 2.75) is 20.4 Å². The minimum Gasteiger partial charge on any atom is -0.289 e. The van der Waals surface area contributed by atoms with Gasteiger partial charge in [-0.15, -0.1) is 0 Å². The summed E-state index contributed by atoms with van der Waals surface area (Å²) in [4.78, 5) is 22.6. The van der Waals surface area contributed by atoms with Crippen LogP contribution in [0.2, 0.25) is 5.02 Å². The van der Waals surface area contributed by atoms with E-state index in [0.29, 0.717) is 17.1 Å². The molecule has 6 nitrogen and oxygen atoms in total. The standard InChI is InChI=1S/C21H18ClN3O3/c1-14-19(11-12-21(26)16-7-9-18(10-8-16)25(27)28)15(2)24(23-14)13-17-5-3-4-6-20(17)22/h3-12H,13H2,1-2H3/b12-11+. The Balaban J connectivity index is 1.80. The highest BCUT2D eigenvalue weighted by Gasteiger charge is 2.12. The molecular formula is C21H18ClN3O3. The van der Waals surface area contributed by atoms with Crippen molar-refractivity contribution >= 4 is 29.1 Å². The van der Waals surface area contributed by atoms with Crippen molar-refractivity contribution in [3.05, 3.63) is 97.8 Å². The number of aryl methyl sites for hydroxylation is 1. The monoisotopic (exact) mass is 395 g/mol. The number of ketones is 1. The van der Waals surface area contributed by atoms with E-state index in [9.17, 15) is 14.9 Å². The quantitative estimate of drug-likeness (QED) is 0.254. The lowest BCUT2D eigenvalue weighted by atomic mass is 10.1. The molecule has 0 unspecified atom stereocenters. The molecule has 0 aliphatic carbocycles. The Morgan fingerprint density at radius 1 is 1.18 bits per heavy atom. The molecule has 3 aromatic rings. The first-order chi connectivity index (χ1) is 13.4. The van der Waals surface area contributed by atoms with E-state index in [1.54, 1.807) is 6.08 Å². The number of carbonyl (C=O) groups excluding carboxylic acids is 1. The molecule has 0 atom stereocenters. The minimum atomic E-state index is -0.496. The molecule has 3 rings (SSSR count). The fourth-order valence-electron chi connectivity index (χ4n) is 2.90. The van der Waals surface area contributed by atoms with Gasteiger partial charge in [-0.1, -0.05) is 29.8 Å². The van der Waals surface area contributed by atoms with Gasteiger partial charge in [0.1, 0.15) is 0 Å². The second kappa shape index (κ2) is 8.19. The van der Waals surface area contributed by atoms with E-state index in [1.807, 2.05) is 42.8 Å². The average molecular weight is 396 g/mol. The van der Waals surface area contributed by atoms with Crippen LogP contribution in [0.1, 0.15) is 32.9 Å². The van der Waals surface area contributed by atoms with Gasteiger partial charge < -0.3 is 0 Å². The van der Waals surface area contributed by atoms with Gasteiger partial charge in [-0.25, -0.2) is 0 Å². The summed E-state index contributed by atoms with van der Waals surface area (Å²) < 4.78 is 1.85. The summed E-state index contributed by atoms with van der Waals surface area (Å²) in [6, 6.07) is 13.1. The first-order valence-electron chi connectivity index (χ1n) is 8.61. The lowest BCUT2D eigenvalue weighted by Crippen LogP contribution is -2.04. The molecule has 0 saturated carbocycles. The summed E-state index contributed by atoms with van der Waals surface area (Å²) in [6.07, 6.45) is 3.18. The van der Waals surface area contributed by atoms with Crippen LogP contribution in [0.5, 0.6) is 0 Å². The van der Waals surface area contributed by atoms with Gasteiger partial charge in [0.25, 0.3) is 5.69 Å². The van der Waals surface area contributed by atoms with Crippen molar-refractivity contribution in [1.29, 1.82) is 0 Å². The van der Waals surface area contributed by atoms with E-state index in [0.717, 1.165) is 22.5 Å². The zero-order valence-corrected chi connectivity index (χ0v) is 16.2. The number of nitro groups is 1. The molecule has 1 aromatic heterocycles. The lowest BCUT2D eigenvalue weighted by molar-refractivity contribution is -0.384. The summed E-state index contributed by atoms with van der Waals surface area (Å²) in [5, 5.41) is 15.9. The highest BCUT2D eigenvalue weighted by molar-refractivity contribution is 6.31. The number of halogens is 1. The third-order valence-electron chi connectivity index (χ3n) is 4.48. The minimum absolute atomic E-state index is 0.0481. The summed E-state index contributed by atoms with van der Waals surface area (Å²) in [6.45, 7) is 4.36. The van der Waals surface area contributed by atoms with Gasteiger partial charge in [0, 0.05) is 34.0 Å². The number of nitro benzene ring substituents is 1. The summed E-state index contributed by atoms with van der Waals surface area (Å²) >= 11 is 6.23. The van der Waals surface area contributed by atoms with Crippen LogP contribution in [0, 0.1) is 24.0 Å². The normalized spacial score (nSPS) is 11.1. The number of non-ortho nitro benzene ring substituents is 1. The molecule has 0 aliphatic heterocycles. The first-order valence-corrected chi connectivity index (χ1v) is 8.99. The number of nitrogens with zero attached hydrogens (tertiary/aromatic N) is 3. The van der Waals surface area contributed by atoms with Crippen molar-refractivity contribution in [3.63, 3.8) is 0 Å². The number of carbonyl (C=O) groups is 1. The Hall–Kier alpha value is -3.25. The smallest absolute Gasteiger partial charge is 0.269 e. The van der Waals surface area contributed by atoms with E-state index in [1.165, 1.54) is 30.3 Å². The third kappa shape index (κ3) is 4.18. The first kappa shape index (κ1) is 19.5. The fraction of sp³-hybridized carbons (Fsp3) is 0.143. The van der Waals surface area contributed by atoms with Crippen molar-refractivity contribution in [1.82, 2.24) is 9.78 Å². The largest absolute Gasteiger partial charge is 0.289 e. The lowest BCUT2D eigenvalue weighted by Gasteiger charge is -2.06. The van der Waals surface area contributed by atoms with Gasteiger partial charge in [-0.2, -0.15) is 5.10 Å². The summed E-state index contributed by atoms with van der Waals surface area (Å²) in [7, 11) is 0. The Kier molecular flexibility index (Phi) is 5.70. The molecule has 0 spiro atoms. The van der Waals surface area contributed by atoms with Crippen LogP contribution >= 0.6 is 11.6 Å². The topological polar surface area (TPSA) is 78.0 Å². The molecule has 28 heavy (non-hydrogen) atoms. The second-order valence-electron chi connectivity index (χ2n) is 6.34. The number of aromatic nitrogens is 2. The van der Waals surface area contributed by atoms with Crippen LogP contribution in [0.3, 0.4) is 0 Å². The van der Waals surface area contributed by atoms with Crippen LogP contribution < -0.4 is 0 Å². The van der Waals surface area contributed by atoms with Crippen LogP contribution in [-0.4, -0.2) is 20.5 Å². The van der Waals surface area contributed by atoms with Crippen LogP contribution in [0.15, 0.2) is 54.6 Å². The van der Waals surface area contributed by atoms with Crippen molar-refractivity contribution in [2.75, 3.05) is 0 Å². The van der Waals surface area contributed by atoms with Crippen molar-refractivity contribution in [3.8, 4) is 0 Å². The Labute approximate surface area is 167 Å². The van der Waals surface area contributed by atoms with E-state index >= 15 is 0 Å². The fourth-order valence-corrected chi connectivity index (χ4v) is 3.09. The van der Waals surface area contributed by atoms with E-state index in [4.69, 9.17) is 11.6 Å². The van der Waals surface area contributed by atoms with Crippen LogP contribution in [0.25, 0.3) is 6.08 Å². The molecule has 142 valence electrons. The van der Waals surface area contributed by atoms with Gasteiger partial charge in [0.05, 0.1) is 17.2 Å². The Morgan fingerprint density at radius 3 is 2.50 bits per heavy atom. The molecule has 0 saturated heterocycles. The predicted octanol–water partition coefficient (Wildman–Crippen LogP) is 5.01. The number of allylic oxidation sites excluding steroid dienone is 1. The van der Waals surface area contributed by atoms with Gasteiger partial charge in [0.15, 0.2) is 5.78 Å². The maximum Gasteiger partial charge on any atom is 0.269 e.